The average molecular weight is 329 g/mol. The number of carbonyl (C=O) groups excluding carboxylic acids is 1. The molecule has 0 saturated heterocycles. The Balaban J connectivity index is 1.70. The van der Waals surface area contributed by atoms with E-state index in [1.165, 1.54) is 0 Å². The SMILES string of the molecule is COc1ccc(OCC(C)NC(=O)COc2cccc(C)c2)cc1. The fraction of sp³-hybridized carbons (Fsp3) is 0.316. The van der Waals surface area contributed by atoms with Crippen LogP contribution in [0.1, 0.15) is 12.5 Å². The third-order valence-corrected chi connectivity index (χ3v) is 3.33. The molecule has 2 aromatic rings. The van der Waals surface area contributed by atoms with Crippen LogP contribution in [0.15, 0.2) is 48.5 Å². The van der Waals surface area contributed by atoms with E-state index >= 15 is 0 Å². The summed E-state index contributed by atoms with van der Waals surface area (Å²) in [6, 6.07) is 14.8. The first-order chi connectivity index (χ1) is 11.6. The lowest BCUT2D eigenvalue weighted by atomic mass is 10.2. The Morgan fingerprint density at radius 1 is 1.04 bits per heavy atom. The quantitative estimate of drug-likeness (QED) is 0.809. The van der Waals surface area contributed by atoms with Crippen molar-refractivity contribution in [3.63, 3.8) is 0 Å². The van der Waals surface area contributed by atoms with E-state index < -0.39 is 0 Å². The van der Waals surface area contributed by atoms with Crippen molar-refractivity contribution in [3.8, 4) is 17.2 Å². The van der Waals surface area contributed by atoms with E-state index in [4.69, 9.17) is 14.2 Å². The van der Waals surface area contributed by atoms with E-state index in [2.05, 4.69) is 5.32 Å². The summed E-state index contributed by atoms with van der Waals surface area (Å²) < 4.78 is 16.2. The molecular weight excluding hydrogens is 306 g/mol. The Morgan fingerprint density at radius 3 is 2.42 bits per heavy atom. The zero-order valence-electron chi connectivity index (χ0n) is 14.2. The maximum Gasteiger partial charge on any atom is 0.258 e. The van der Waals surface area contributed by atoms with Crippen molar-refractivity contribution < 1.29 is 19.0 Å². The third-order valence-electron chi connectivity index (χ3n) is 3.33. The van der Waals surface area contributed by atoms with Crippen molar-refractivity contribution in [2.45, 2.75) is 19.9 Å². The molecule has 0 aliphatic carbocycles. The molecule has 1 atom stereocenters. The maximum atomic E-state index is 11.9. The molecule has 0 aliphatic heterocycles. The third kappa shape index (κ3) is 5.83. The number of hydrogen-bond acceptors (Lipinski definition) is 4. The van der Waals surface area contributed by atoms with Gasteiger partial charge >= 0.3 is 0 Å². The second-order valence-electron chi connectivity index (χ2n) is 5.56. The van der Waals surface area contributed by atoms with Gasteiger partial charge in [-0.15, -0.1) is 0 Å². The number of amides is 1. The predicted octanol–water partition coefficient (Wildman–Crippen LogP) is 2.97. The highest BCUT2D eigenvalue weighted by Crippen LogP contribution is 2.17. The smallest absolute Gasteiger partial charge is 0.258 e. The van der Waals surface area contributed by atoms with E-state index in [9.17, 15) is 4.79 Å². The molecule has 0 saturated carbocycles. The normalized spacial score (nSPS) is 11.5. The van der Waals surface area contributed by atoms with Crippen molar-refractivity contribution in [2.75, 3.05) is 20.3 Å². The number of aryl methyl sites for hydroxylation is 1. The fourth-order valence-corrected chi connectivity index (χ4v) is 2.11. The first kappa shape index (κ1) is 17.7. The van der Waals surface area contributed by atoms with E-state index in [1.807, 2.05) is 62.4 Å². The Hall–Kier alpha value is -2.69. The lowest BCUT2D eigenvalue weighted by Gasteiger charge is -2.15. The van der Waals surface area contributed by atoms with E-state index in [0.29, 0.717) is 12.4 Å². The maximum absolute atomic E-state index is 11.9. The van der Waals surface area contributed by atoms with Crippen LogP contribution in [0, 0.1) is 6.92 Å². The minimum Gasteiger partial charge on any atom is -0.497 e. The van der Waals surface area contributed by atoms with Crippen LogP contribution in [0.4, 0.5) is 0 Å². The van der Waals surface area contributed by atoms with Crippen LogP contribution < -0.4 is 19.5 Å². The van der Waals surface area contributed by atoms with Gasteiger partial charge in [0.15, 0.2) is 6.61 Å². The van der Waals surface area contributed by atoms with Gasteiger partial charge in [-0.2, -0.15) is 0 Å². The van der Waals surface area contributed by atoms with Crippen molar-refractivity contribution in [2.24, 2.45) is 0 Å². The summed E-state index contributed by atoms with van der Waals surface area (Å²) in [4.78, 5) is 11.9. The molecule has 2 rings (SSSR count). The van der Waals surface area contributed by atoms with Gasteiger partial charge in [-0.05, 0) is 55.8 Å². The number of rotatable bonds is 8. The average Bonchev–Trinajstić information content (AvgIpc) is 2.59. The molecule has 0 bridgehead atoms. The van der Waals surface area contributed by atoms with Crippen molar-refractivity contribution in [1.82, 2.24) is 5.32 Å². The second-order valence-corrected chi connectivity index (χ2v) is 5.56. The van der Waals surface area contributed by atoms with Crippen molar-refractivity contribution in [1.29, 1.82) is 0 Å². The molecule has 1 unspecified atom stereocenters. The lowest BCUT2D eigenvalue weighted by molar-refractivity contribution is -0.123. The number of carbonyl (C=O) groups is 1. The van der Waals surface area contributed by atoms with Gasteiger partial charge in [0, 0.05) is 0 Å². The highest BCUT2D eigenvalue weighted by Gasteiger charge is 2.09. The van der Waals surface area contributed by atoms with Crippen LogP contribution in [0.5, 0.6) is 17.2 Å². The summed E-state index contributed by atoms with van der Waals surface area (Å²) in [6.07, 6.45) is 0. The lowest BCUT2D eigenvalue weighted by Crippen LogP contribution is -2.39. The molecule has 0 heterocycles. The molecule has 0 radical (unpaired) electrons. The highest BCUT2D eigenvalue weighted by molar-refractivity contribution is 5.77. The zero-order valence-corrected chi connectivity index (χ0v) is 14.2. The van der Waals surface area contributed by atoms with Gasteiger partial charge in [-0.1, -0.05) is 12.1 Å². The summed E-state index contributed by atoms with van der Waals surface area (Å²) in [5.74, 6) is 2.01. The second kappa shape index (κ2) is 8.82. The van der Waals surface area contributed by atoms with Gasteiger partial charge < -0.3 is 19.5 Å². The minimum absolute atomic E-state index is 0.0175. The summed E-state index contributed by atoms with van der Waals surface area (Å²) in [5, 5.41) is 2.84. The van der Waals surface area contributed by atoms with Crippen LogP contribution in [0.3, 0.4) is 0 Å². The number of hydrogen-bond donors (Lipinski definition) is 1. The van der Waals surface area contributed by atoms with E-state index in [0.717, 1.165) is 17.1 Å². The van der Waals surface area contributed by atoms with Gasteiger partial charge in [-0.3, -0.25) is 4.79 Å². The standard InChI is InChI=1S/C19H23NO4/c1-14-5-4-6-18(11-14)24-13-19(21)20-15(2)12-23-17-9-7-16(22-3)8-10-17/h4-11,15H,12-13H2,1-3H3,(H,20,21). The molecule has 5 nitrogen and oxygen atoms in total. The van der Waals surface area contributed by atoms with E-state index in [1.54, 1.807) is 7.11 Å². The number of nitrogens with one attached hydrogen (secondary N) is 1. The van der Waals surface area contributed by atoms with Crippen LogP contribution >= 0.6 is 0 Å². The monoisotopic (exact) mass is 329 g/mol. The number of methoxy groups -OCH3 is 1. The van der Waals surface area contributed by atoms with Gasteiger partial charge in [-0.25, -0.2) is 0 Å². The van der Waals surface area contributed by atoms with E-state index in [-0.39, 0.29) is 18.6 Å². The Bertz CT molecular complexity index is 655. The largest absolute Gasteiger partial charge is 0.497 e. The molecule has 5 heteroatoms. The molecule has 1 amide bonds. The Labute approximate surface area is 142 Å². The number of benzene rings is 2. The predicted molar refractivity (Wildman–Crippen MR) is 92.8 cm³/mol. The molecule has 0 spiro atoms. The molecule has 0 fully saturated rings. The summed E-state index contributed by atoms with van der Waals surface area (Å²) in [5.41, 5.74) is 1.09. The van der Waals surface area contributed by atoms with Crippen LogP contribution in [-0.4, -0.2) is 32.3 Å². The number of ether oxygens (including phenoxy) is 3. The Kier molecular flexibility index (Phi) is 6.49. The topological polar surface area (TPSA) is 56.8 Å². The van der Waals surface area contributed by atoms with Gasteiger partial charge in [0.05, 0.1) is 13.2 Å². The molecule has 24 heavy (non-hydrogen) atoms. The van der Waals surface area contributed by atoms with Gasteiger partial charge in [0.1, 0.15) is 23.9 Å². The van der Waals surface area contributed by atoms with Gasteiger partial charge in [0.25, 0.3) is 5.91 Å². The molecule has 1 N–H and O–H groups in total. The molecule has 0 aliphatic rings. The van der Waals surface area contributed by atoms with Crippen LogP contribution in [0.25, 0.3) is 0 Å². The van der Waals surface area contributed by atoms with Crippen LogP contribution in [-0.2, 0) is 4.79 Å². The molecule has 2 aromatic carbocycles. The van der Waals surface area contributed by atoms with Crippen LogP contribution in [0.2, 0.25) is 0 Å². The fourth-order valence-electron chi connectivity index (χ4n) is 2.11. The van der Waals surface area contributed by atoms with Crippen molar-refractivity contribution >= 4 is 5.91 Å². The first-order valence-corrected chi connectivity index (χ1v) is 7.82. The first-order valence-electron chi connectivity index (χ1n) is 7.82. The summed E-state index contributed by atoms with van der Waals surface area (Å²) in [7, 11) is 1.62. The highest BCUT2D eigenvalue weighted by atomic mass is 16.5. The summed E-state index contributed by atoms with van der Waals surface area (Å²) in [6.45, 7) is 4.22. The minimum atomic E-state index is -0.178. The Morgan fingerprint density at radius 2 is 1.75 bits per heavy atom. The van der Waals surface area contributed by atoms with Gasteiger partial charge in [0.2, 0.25) is 0 Å². The molecular formula is C19H23NO4. The summed E-state index contributed by atoms with van der Waals surface area (Å²) >= 11 is 0. The molecule has 128 valence electrons. The zero-order chi connectivity index (χ0) is 17.4. The van der Waals surface area contributed by atoms with Crippen molar-refractivity contribution in [3.05, 3.63) is 54.1 Å². The molecule has 0 aromatic heterocycles.